The summed E-state index contributed by atoms with van der Waals surface area (Å²) in [6.07, 6.45) is 0.917. The number of anilines is 2. The minimum atomic E-state index is 0.374. The van der Waals surface area contributed by atoms with E-state index in [4.69, 9.17) is 11.6 Å². The molecule has 0 atom stereocenters. The predicted molar refractivity (Wildman–Crippen MR) is 91.4 cm³/mol. The summed E-state index contributed by atoms with van der Waals surface area (Å²) < 4.78 is 1.06. The van der Waals surface area contributed by atoms with Crippen molar-refractivity contribution in [3.63, 3.8) is 0 Å². The zero-order valence-corrected chi connectivity index (χ0v) is 13.7. The van der Waals surface area contributed by atoms with Gasteiger partial charge in [-0.15, -0.1) is 0 Å². The van der Waals surface area contributed by atoms with E-state index < -0.39 is 0 Å². The first-order valence-electron chi connectivity index (χ1n) is 6.65. The number of hydrogen-bond acceptors (Lipinski definition) is 3. The normalized spacial score (nSPS) is 10.8. The van der Waals surface area contributed by atoms with Crippen LogP contribution in [0.5, 0.6) is 0 Å². The third kappa shape index (κ3) is 3.01. The average Bonchev–Trinajstić information content (AvgIpc) is 2.49. The molecule has 0 bridgehead atoms. The lowest BCUT2D eigenvalue weighted by atomic mass is 10.1. The number of aryl methyl sites for hydroxylation is 1. The van der Waals surface area contributed by atoms with Gasteiger partial charge in [0.05, 0.1) is 11.0 Å². The Hall–Kier alpha value is -1.65. The van der Waals surface area contributed by atoms with E-state index in [-0.39, 0.29) is 0 Å². The van der Waals surface area contributed by atoms with Crippen LogP contribution >= 0.6 is 27.5 Å². The van der Waals surface area contributed by atoms with Crippen molar-refractivity contribution in [3.8, 4) is 0 Å². The maximum atomic E-state index is 6.23. The van der Waals surface area contributed by atoms with Gasteiger partial charge in [-0.3, -0.25) is 0 Å². The Labute approximate surface area is 136 Å². The number of rotatable bonds is 3. The summed E-state index contributed by atoms with van der Waals surface area (Å²) in [6.45, 7) is 2.11. The van der Waals surface area contributed by atoms with E-state index >= 15 is 0 Å². The van der Waals surface area contributed by atoms with Gasteiger partial charge < -0.3 is 5.32 Å². The molecule has 0 amide bonds. The Morgan fingerprint density at radius 1 is 1.10 bits per heavy atom. The van der Waals surface area contributed by atoms with Gasteiger partial charge in [0.2, 0.25) is 0 Å². The quantitative estimate of drug-likeness (QED) is 0.682. The van der Waals surface area contributed by atoms with E-state index in [1.165, 1.54) is 5.56 Å². The summed E-state index contributed by atoms with van der Waals surface area (Å²) in [7, 11) is 0. The number of fused-ring (bicyclic) bond motifs is 1. The fourth-order valence-electron chi connectivity index (χ4n) is 2.16. The number of benzene rings is 2. The van der Waals surface area contributed by atoms with Gasteiger partial charge in [-0.2, -0.15) is 0 Å². The van der Waals surface area contributed by atoms with Crippen LogP contribution in [0.1, 0.15) is 12.5 Å². The van der Waals surface area contributed by atoms with E-state index in [1.807, 2.05) is 36.4 Å². The van der Waals surface area contributed by atoms with Gasteiger partial charge >= 0.3 is 0 Å². The Bertz CT molecular complexity index is 805. The van der Waals surface area contributed by atoms with Crippen molar-refractivity contribution in [1.82, 2.24) is 9.97 Å². The molecule has 3 aromatic rings. The summed E-state index contributed by atoms with van der Waals surface area (Å²) in [4.78, 5) is 8.93. The van der Waals surface area contributed by atoms with Crippen LogP contribution in [0.2, 0.25) is 5.15 Å². The highest BCUT2D eigenvalue weighted by molar-refractivity contribution is 9.10. The Balaban J connectivity index is 2.03. The molecule has 0 fully saturated rings. The second-order valence-corrected chi connectivity index (χ2v) is 5.91. The first-order chi connectivity index (χ1) is 10.2. The fourth-order valence-corrected chi connectivity index (χ4v) is 2.75. The summed E-state index contributed by atoms with van der Waals surface area (Å²) in [5.41, 5.74) is 3.79. The van der Waals surface area contributed by atoms with Gasteiger partial charge in [0, 0.05) is 10.2 Å². The highest BCUT2D eigenvalue weighted by atomic mass is 79.9. The molecule has 3 rings (SSSR count). The second-order valence-electron chi connectivity index (χ2n) is 4.63. The number of aromatic nitrogens is 2. The number of hydrogen-bond donors (Lipinski definition) is 1. The molecule has 2 aromatic carbocycles. The SMILES string of the molecule is CCc1cc(Br)ccc1Nc1nc2ccccc2nc1Cl. The van der Waals surface area contributed by atoms with Crippen LogP contribution in [0.3, 0.4) is 0 Å². The Morgan fingerprint density at radius 2 is 1.81 bits per heavy atom. The molecule has 3 nitrogen and oxygen atoms in total. The molecule has 1 aromatic heterocycles. The molecular weight excluding hydrogens is 350 g/mol. The molecule has 0 aliphatic heterocycles. The van der Waals surface area contributed by atoms with Crippen molar-refractivity contribution in [1.29, 1.82) is 0 Å². The first kappa shape index (κ1) is 14.3. The van der Waals surface area contributed by atoms with Gasteiger partial charge in [-0.1, -0.05) is 46.6 Å². The van der Waals surface area contributed by atoms with Gasteiger partial charge in [0.1, 0.15) is 0 Å². The van der Waals surface area contributed by atoms with Crippen LogP contribution in [0, 0.1) is 0 Å². The van der Waals surface area contributed by atoms with E-state index in [0.29, 0.717) is 11.0 Å². The van der Waals surface area contributed by atoms with Gasteiger partial charge in [0.15, 0.2) is 11.0 Å². The standard InChI is InChI=1S/C16H13BrClN3/c1-2-10-9-11(17)7-8-12(10)20-16-15(18)19-13-5-3-4-6-14(13)21-16/h3-9H,2H2,1H3,(H,20,21). The molecule has 0 radical (unpaired) electrons. The number of nitrogens with one attached hydrogen (secondary N) is 1. The van der Waals surface area contributed by atoms with Crippen LogP contribution in [0.4, 0.5) is 11.5 Å². The zero-order chi connectivity index (χ0) is 14.8. The number of nitrogens with zero attached hydrogens (tertiary/aromatic N) is 2. The average molecular weight is 363 g/mol. The van der Waals surface area contributed by atoms with Crippen molar-refractivity contribution in [3.05, 3.63) is 57.7 Å². The molecule has 0 spiro atoms. The molecule has 0 unspecified atom stereocenters. The number of halogens is 2. The monoisotopic (exact) mass is 361 g/mol. The molecule has 1 heterocycles. The summed E-state index contributed by atoms with van der Waals surface area (Å²) in [5.74, 6) is 0.576. The summed E-state index contributed by atoms with van der Waals surface area (Å²) >= 11 is 9.72. The number of para-hydroxylation sites is 2. The third-order valence-electron chi connectivity index (χ3n) is 3.23. The van der Waals surface area contributed by atoms with Crippen molar-refractivity contribution in [2.24, 2.45) is 0 Å². The lowest BCUT2D eigenvalue weighted by molar-refractivity contribution is 1.13. The van der Waals surface area contributed by atoms with Crippen LogP contribution in [0.15, 0.2) is 46.9 Å². The lowest BCUT2D eigenvalue weighted by Crippen LogP contribution is -2.00. The molecule has 21 heavy (non-hydrogen) atoms. The molecule has 106 valence electrons. The minimum Gasteiger partial charge on any atom is -0.337 e. The fraction of sp³-hybridized carbons (Fsp3) is 0.125. The lowest BCUT2D eigenvalue weighted by Gasteiger charge is -2.12. The highest BCUT2D eigenvalue weighted by Crippen LogP contribution is 2.28. The molecule has 0 aliphatic rings. The van der Waals surface area contributed by atoms with Crippen molar-refractivity contribution >= 4 is 50.1 Å². The van der Waals surface area contributed by atoms with E-state index in [0.717, 1.165) is 27.6 Å². The van der Waals surface area contributed by atoms with Crippen LogP contribution < -0.4 is 5.32 Å². The van der Waals surface area contributed by atoms with Crippen LogP contribution in [-0.2, 0) is 6.42 Å². The van der Waals surface area contributed by atoms with Crippen LogP contribution in [-0.4, -0.2) is 9.97 Å². The molecule has 0 saturated heterocycles. The largest absolute Gasteiger partial charge is 0.337 e. The van der Waals surface area contributed by atoms with Crippen molar-refractivity contribution in [2.75, 3.05) is 5.32 Å². The highest BCUT2D eigenvalue weighted by Gasteiger charge is 2.09. The molecular formula is C16H13BrClN3. The van der Waals surface area contributed by atoms with Crippen molar-refractivity contribution < 1.29 is 0 Å². The van der Waals surface area contributed by atoms with Gasteiger partial charge in [0.25, 0.3) is 0 Å². The maximum Gasteiger partial charge on any atom is 0.172 e. The molecule has 0 aliphatic carbocycles. The van der Waals surface area contributed by atoms with Crippen molar-refractivity contribution in [2.45, 2.75) is 13.3 Å². The molecule has 1 N–H and O–H groups in total. The van der Waals surface area contributed by atoms with Gasteiger partial charge in [-0.25, -0.2) is 9.97 Å². The third-order valence-corrected chi connectivity index (χ3v) is 3.99. The Morgan fingerprint density at radius 3 is 2.52 bits per heavy atom. The predicted octanol–water partition coefficient (Wildman–Crippen LogP) is 5.35. The smallest absolute Gasteiger partial charge is 0.172 e. The summed E-state index contributed by atoms with van der Waals surface area (Å²) in [5, 5.41) is 3.66. The molecule has 0 saturated carbocycles. The topological polar surface area (TPSA) is 37.8 Å². The Kier molecular flexibility index (Phi) is 4.08. The maximum absolute atomic E-state index is 6.23. The zero-order valence-electron chi connectivity index (χ0n) is 11.4. The van der Waals surface area contributed by atoms with E-state index in [1.54, 1.807) is 0 Å². The van der Waals surface area contributed by atoms with E-state index in [9.17, 15) is 0 Å². The first-order valence-corrected chi connectivity index (χ1v) is 7.82. The summed E-state index contributed by atoms with van der Waals surface area (Å²) in [6, 6.07) is 13.8. The molecule has 5 heteroatoms. The van der Waals surface area contributed by atoms with E-state index in [2.05, 4.69) is 44.2 Å². The minimum absolute atomic E-state index is 0.374. The van der Waals surface area contributed by atoms with Gasteiger partial charge in [-0.05, 0) is 42.3 Å². The second kappa shape index (κ2) is 6.00. The van der Waals surface area contributed by atoms with Crippen LogP contribution in [0.25, 0.3) is 11.0 Å².